The van der Waals surface area contributed by atoms with E-state index in [1.165, 1.54) is 0 Å². The van der Waals surface area contributed by atoms with E-state index >= 15 is 0 Å². The molecule has 1 aromatic heterocycles. The van der Waals surface area contributed by atoms with Crippen molar-refractivity contribution in [3.05, 3.63) is 28.4 Å². The molecule has 0 spiro atoms. The zero-order valence-corrected chi connectivity index (χ0v) is 8.61. The Hall–Kier alpha value is -1.36. The lowest BCUT2D eigenvalue weighted by atomic mass is 10.1. The highest BCUT2D eigenvalue weighted by Gasteiger charge is 2.11. The summed E-state index contributed by atoms with van der Waals surface area (Å²) in [5.41, 5.74) is 1.16. The second kappa shape index (κ2) is 3.42. The fraction of sp³-hybridized carbons (Fsp3) is 0.111. The van der Waals surface area contributed by atoms with E-state index in [9.17, 15) is 4.79 Å². The lowest BCUT2D eigenvalue weighted by Crippen LogP contribution is -1.99. The first-order valence-electron chi connectivity index (χ1n) is 3.93. The average molecular weight is 256 g/mol. The van der Waals surface area contributed by atoms with Crippen LogP contribution in [0.2, 0.25) is 0 Å². The van der Waals surface area contributed by atoms with Crippen molar-refractivity contribution in [2.24, 2.45) is 0 Å². The predicted octanol–water partition coefficient (Wildman–Crippen LogP) is 2.22. The van der Waals surface area contributed by atoms with Gasteiger partial charge in [-0.15, -0.1) is 0 Å². The van der Waals surface area contributed by atoms with Crippen molar-refractivity contribution in [2.45, 2.75) is 6.42 Å². The minimum atomic E-state index is -0.884. The topological polar surface area (TPSA) is 63.3 Å². The number of rotatable bonds is 2. The molecule has 0 unspecified atom stereocenters. The van der Waals surface area contributed by atoms with Crippen LogP contribution in [-0.4, -0.2) is 16.2 Å². The molecule has 0 aliphatic rings. The number of hydrogen-bond donors (Lipinski definition) is 1. The Balaban J connectivity index is 2.59. The average Bonchev–Trinajstić information content (AvgIpc) is 2.49. The van der Waals surface area contributed by atoms with E-state index in [4.69, 9.17) is 9.63 Å². The third-order valence-electron chi connectivity index (χ3n) is 1.88. The van der Waals surface area contributed by atoms with Crippen LogP contribution in [0.15, 0.2) is 27.3 Å². The summed E-state index contributed by atoms with van der Waals surface area (Å²) < 4.78 is 5.62. The highest BCUT2D eigenvalue weighted by atomic mass is 79.9. The fourth-order valence-corrected chi connectivity index (χ4v) is 1.68. The molecule has 0 bridgehead atoms. The molecule has 2 rings (SSSR count). The van der Waals surface area contributed by atoms with Gasteiger partial charge in [-0.25, -0.2) is 0 Å². The van der Waals surface area contributed by atoms with Gasteiger partial charge >= 0.3 is 5.97 Å². The Morgan fingerprint density at radius 2 is 2.36 bits per heavy atom. The Bertz CT molecular complexity index is 492. The predicted molar refractivity (Wildman–Crippen MR) is 53.0 cm³/mol. The highest BCUT2D eigenvalue weighted by molar-refractivity contribution is 9.10. The molecule has 0 fully saturated rings. The number of carboxylic acid groups (broad SMARTS) is 1. The van der Waals surface area contributed by atoms with Gasteiger partial charge in [-0.1, -0.05) is 17.3 Å². The number of nitrogens with zero attached hydrogens (tertiary/aromatic N) is 1. The van der Waals surface area contributed by atoms with Crippen molar-refractivity contribution in [1.29, 1.82) is 0 Å². The smallest absolute Gasteiger partial charge is 0.307 e. The fourth-order valence-electron chi connectivity index (χ4n) is 1.29. The summed E-state index contributed by atoms with van der Waals surface area (Å²) in [5, 5.41) is 13.2. The molecule has 14 heavy (non-hydrogen) atoms. The van der Waals surface area contributed by atoms with Crippen molar-refractivity contribution < 1.29 is 14.4 Å². The minimum Gasteiger partial charge on any atom is -0.481 e. The van der Waals surface area contributed by atoms with E-state index in [0.717, 1.165) is 5.39 Å². The van der Waals surface area contributed by atoms with Gasteiger partial charge in [0.25, 0.3) is 0 Å². The summed E-state index contributed by atoms with van der Waals surface area (Å²) in [6.45, 7) is 0. The molecule has 1 aromatic carbocycles. The number of fused-ring (bicyclic) bond motifs is 1. The van der Waals surface area contributed by atoms with E-state index in [1.807, 2.05) is 6.07 Å². The molecule has 0 amide bonds. The normalized spacial score (nSPS) is 10.6. The molecular formula is C9H6BrNO3. The van der Waals surface area contributed by atoms with Crippen LogP contribution >= 0.6 is 15.9 Å². The third kappa shape index (κ3) is 1.50. The lowest BCUT2D eigenvalue weighted by molar-refractivity contribution is -0.136. The standard InChI is InChI=1S/C9H6BrNO3/c10-9-6-3-1-2-5(4-7(12)13)8(6)14-11-9/h1-3H,4H2,(H,12,13). The van der Waals surface area contributed by atoms with E-state index in [1.54, 1.807) is 12.1 Å². The SMILES string of the molecule is O=C(O)Cc1cccc2c(Br)noc12. The van der Waals surface area contributed by atoms with Crippen LogP contribution in [0.5, 0.6) is 0 Å². The van der Waals surface area contributed by atoms with Crippen molar-refractivity contribution >= 4 is 32.9 Å². The molecule has 0 saturated heterocycles. The molecule has 0 saturated carbocycles. The van der Waals surface area contributed by atoms with Gasteiger partial charge in [-0.05, 0) is 22.0 Å². The molecule has 0 atom stereocenters. The van der Waals surface area contributed by atoms with Crippen molar-refractivity contribution in [3.63, 3.8) is 0 Å². The van der Waals surface area contributed by atoms with Crippen LogP contribution in [0.3, 0.4) is 0 Å². The number of carbonyl (C=O) groups is 1. The quantitative estimate of drug-likeness (QED) is 0.894. The maximum atomic E-state index is 10.5. The first kappa shape index (κ1) is 9.21. The molecule has 4 nitrogen and oxygen atoms in total. The number of halogens is 1. The van der Waals surface area contributed by atoms with Crippen LogP contribution < -0.4 is 0 Å². The van der Waals surface area contributed by atoms with Gasteiger partial charge in [-0.2, -0.15) is 0 Å². The summed E-state index contributed by atoms with van der Waals surface area (Å²) >= 11 is 3.21. The first-order valence-corrected chi connectivity index (χ1v) is 4.72. The van der Waals surface area contributed by atoms with Gasteiger partial charge < -0.3 is 9.63 Å². The Morgan fingerprint density at radius 3 is 3.07 bits per heavy atom. The second-order valence-electron chi connectivity index (χ2n) is 2.84. The second-order valence-corrected chi connectivity index (χ2v) is 3.59. The maximum Gasteiger partial charge on any atom is 0.307 e. The number of aliphatic carboxylic acids is 1. The Labute approximate surface area is 87.6 Å². The number of para-hydroxylation sites is 1. The van der Waals surface area contributed by atoms with Gasteiger partial charge in [-0.3, -0.25) is 4.79 Å². The van der Waals surface area contributed by atoms with Crippen LogP contribution in [0.1, 0.15) is 5.56 Å². The molecule has 0 aliphatic carbocycles. The van der Waals surface area contributed by atoms with Gasteiger partial charge in [0.2, 0.25) is 0 Å². The Morgan fingerprint density at radius 1 is 1.57 bits per heavy atom. The summed E-state index contributed by atoms with van der Waals surface area (Å²) in [4.78, 5) is 10.5. The minimum absolute atomic E-state index is 0.0566. The van der Waals surface area contributed by atoms with Crippen molar-refractivity contribution in [1.82, 2.24) is 5.16 Å². The largest absolute Gasteiger partial charge is 0.481 e. The summed E-state index contributed by atoms with van der Waals surface area (Å²) in [7, 11) is 0. The molecular weight excluding hydrogens is 250 g/mol. The zero-order chi connectivity index (χ0) is 10.1. The van der Waals surface area contributed by atoms with Gasteiger partial charge in [0, 0.05) is 5.56 Å². The number of benzene rings is 1. The van der Waals surface area contributed by atoms with Gasteiger partial charge in [0.1, 0.15) is 0 Å². The summed E-state index contributed by atoms with van der Waals surface area (Å²) in [6, 6.07) is 5.32. The van der Waals surface area contributed by atoms with Gasteiger partial charge in [0.05, 0.1) is 11.8 Å². The maximum absolute atomic E-state index is 10.5. The van der Waals surface area contributed by atoms with Crippen molar-refractivity contribution in [3.8, 4) is 0 Å². The third-order valence-corrected chi connectivity index (χ3v) is 2.45. The molecule has 0 aliphatic heterocycles. The molecule has 2 aromatic rings. The molecule has 72 valence electrons. The van der Waals surface area contributed by atoms with E-state index in [2.05, 4.69) is 21.1 Å². The Kier molecular flexibility index (Phi) is 2.25. The van der Waals surface area contributed by atoms with E-state index in [0.29, 0.717) is 15.7 Å². The highest BCUT2D eigenvalue weighted by Crippen LogP contribution is 2.25. The molecule has 0 radical (unpaired) electrons. The number of hydrogen-bond acceptors (Lipinski definition) is 3. The molecule has 5 heteroatoms. The van der Waals surface area contributed by atoms with Crippen LogP contribution in [0.4, 0.5) is 0 Å². The van der Waals surface area contributed by atoms with E-state index < -0.39 is 5.97 Å². The van der Waals surface area contributed by atoms with Crippen LogP contribution in [0, 0.1) is 0 Å². The van der Waals surface area contributed by atoms with Gasteiger partial charge in [0.15, 0.2) is 10.2 Å². The number of aromatic nitrogens is 1. The van der Waals surface area contributed by atoms with Crippen molar-refractivity contribution in [2.75, 3.05) is 0 Å². The zero-order valence-electron chi connectivity index (χ0n) is 7.03. The van der Waals surface area contributed by atoms with Crippen LogP contribution in [-0.2, 0) is 11.2 Å². The lowest BCUT2D eigenvalue weighted by Gasteiger charge is -1.95. The first-order chi connectivity index (χ1) is 6.68. The summed E-state index contributed by atoms with van der Waals surface area (Å²) in [5.74, 6) is -0.884. The molecule has 1 N–H and O–H groups in total. The van der Waals surface area contributed by atoms with Crippen LogP contribution in [0.25, 0.3) is 11.0 Å². The number of carboxylic acids is 1. The molecule has 1 heterocycles. The summed E-state index contributed by atoms with van der Waals surface area (Å²) in [6.07, 6.45) is -0.0566. The van der Waals surface area contributed by atoms with E-state index in [-0.39, 0.29) is 6.42 Å². The monoisotopic (exact) mass is 255 g/mol.